The summed E-state index contributed by atoms with van der Waals surface area (Å²) in [6, 6.07) is 20.6. The fourth-order valence-corrected chi connectivity index (χ4v) is 8.63. The number of carbonyl (C=O) groups is 1. The van der Waals surface area contributed by atoms with Crippen LogP contribution in [0.15, 0.2) is 95.9 Å². The van der Waals surface area contributed by atoms with Gasteiger partial charge in [0, 0.05) is 23.7 Å². The van der Waals surface area contributed by atoms with Crippen LogP contribution in [-0.4, -0.2) is 49.5 Å². The van der Waals surface area contributed by atoms with Gasteiger partial charge >= 0.3 is 0 Å². The van der Waals surface area contributed by atoms with Crippen molar-refractivity contribution in [1.29, 1.82) is 0 Å². The van der Waals surface area contributed by atoms with E-state index in [0.717, 1.165) is 43.2 Å². The van der Waals surface area contributed by atoms with E-state index in [9.17, 15) is 13.2 Å². The van der Waals surface area contributed by atoms with Crippen molar-refractivity contribution in [2.24, 2.45) is 5.73 Å². The highest BCUT2D eigenvalue weighted by Gasteiger charge is 2.53. The fourth-order valence-electron chi connectivity index (χ4n) is 7.41. The number of para-hydroxylation sites is 1. The van der Waals surface area contributed by atoms with Gasteiger partial charge in [0.05, 0.1) is 11.0 Å². The molecule has 1 saturated carbocycles. The van der Waals surface area contributed by atoms with Crippen LogP contribution in [0, 0.1) is 0 Å². The Bertz CT molecular complexity index is 1870. The number of rotatable bonds is 10. The molecule has 4 aromatic carbocycles. The second-order valence-corrected chi connectivity index (χ2v) is 14.9. The maximum absolute atomic E-state index is 16.6. The zero-order valence-corrected chi connectivity index (χ0v) is 27.3. The first-order chi connectivity index (χ1) is 23.1. The van der Waals surface area contributed by atoms with Crippen LogP contribution in [0.25, 0.3) is 10.8 Å². The van der Waals surface area contributed by atoms with Crippen LogP contribution < -0.4 is 19.9 Å². The molecule has 3 fully saturated rings. The van der Waals surface area contributed by atoms with Crippen molar-refractivity contribution in [3.05, 3.63) is 96.6 Å². The molecule has 11 heteroatoms. The monoisotopic (exact) mass is 675 g/mol. The predicted octanol–water partition coefficient (Wildman–Crippen LogP) is 6.87. The van der Waals surface area contributed by atoms with Crippen molar-refractivity contribution in [2.75, 3.05) is 0 Å². The molecule has 7 rings (SSSR count). The summed E-state index contributed by atoms with van der Waals surface area (Å²) in [7, 11) is -4.59. The molecule has 3 unspecified atom stereocenters. The number of halogens is 2. The highest BCUT2D eigenvalue weighted by Crippen LogP contribution is 2.40. The number of nitrogens with zero attached hydrogens (tertiary/aromatic N) is 1. The number of hydrogen-bond donors (Lipinski definition) is 2. The minimum atomic E-state index is -4.59. The summed E-state index contributed by atoms with van der Waals surface area (Å²) >= 11 is 0. The van der Waals surface area contributed by atoms with E-state index >= 15 is 8.78 Å². The number of benzene rings is 4. The first-order valence-corrected chi connectivity index (χ1v) is 18.1. The number of amides is 1. The van der Waals surface area contributed by atoms with Gasteiger partial charge in [-0.15, -0.1) is 0 Å². The Morgan fingerprint density at radius 3 is 2.10 bits per heavy atom. The molecule has 3 atom stereocenters. The van der Waals surface area contributed by atoms with Gasteiger partial charge in [0.2, 0.25) is 15.9 Å². The minimum absolute atomic E-state index is 0.138. The standard InChI is InChI=1S/C37H39F2N3O5S/c38-37(39,26-12-17-32(18-13-26)46-30-6-2-1-3-7-30)35(36(43)42-28-14-15-29(42)23-27(40)22-28)41-48(44,45)34-19-11-24-20-33(16-10-25(24)21-34)47-31-8-4-5-9-31/h1-3,6-7,10-13,16-21,27-29,31,35,41H,4-5,8-9,14-15,22-23,40H2. The van der Waals surface area contributed by atoms with Crippen LogP contribution in [0.4, 0.5) is 8.78 Å². The van der Waals surface area contributed by atoms with E-state index in [1.165, 1.54) is 29.2 Å². The van der Waals surface area contributed by atoms with Crippen molar-refractivity contribution < 1.29 is 31.5 Å². The van der Waals surface area contributed by atoms with Gasteiger partial charge in [0.1, 0.15) is 17.2 Å². The van der Waals surface area contributed by atoms with Crippen molar-refractivity contribution in [2.45, 2.75) is 92.5 Å². The number of hydrogen-bond acceptors (Lipinski definition) is 6. The normalized spacial score (nSPS) is 22.1. The second kappa shape index (κ2) is 13.1. The lowest BCUT2D eigenvalue weighted by Crippen LogP contribution is -2.60. The van der Waals surface area contributed by atoms with E-state index in [1.54, 1.807) is 42.5 Å². The van der Waals surface area contributed by atoms with Gasteiger partial charge in [-0.25, -0.2) is 8.42 Å². The average Bonchev–Trinajstić information content (AvgIpc) is 3.69. The maximum Gasteiger partial charge on any atom is 0.298 e. The van der Waals surface area contributed by atoms with E-state index in [-0.39, 0.29) is 29.1 Å². The molecular weight excluding hydrogens is 636 g/mol. The molecule has 1 amide bonds. The van der Waals surface area contributed by atoms with Crippen LogP contribution in [0.5, 0.6) is 17.2 Å². The summed E-state index contributed by atoms with van der Waals surface area (Å²) in [5.74, 6) is -3.31. The van der Waals surface area contributed by atoms with Crippen LogP contribution in [0.1, 0.15) is 56.9 Å². The topological polar surface area (TPSA) is 111 Å². The van der Waals surface area contributed by atoms with Crippen LogP contribution in [0.2, 0.25) is 0 Å². The van der Waals surface area contributed by atoms with Crippen molar-refractivity contribution in [1.82, 2.24) is 9.62 Å². The molecule has 2 bridgehead atoms. The Labute approximate surface area is 279 Å². The Morgan fingerprint density at radius 1 is 0.812 bits per heavy atom. The van der Waals surface area contributed by atoms with Gasteiger partial charge < -0.3 is 20.1 Å². The number of nitrogens with one attached hydrogen (secondary N) is 1. The zero-order valence-electron chi connectivity index (χ0n) is 26.4. The molecule has 2 heterocycles. The molecule has 3 aliphatic rings. The highest BCUT2D eigenvalue weighted by molar-refractivity contribution is 7.89. The fraction of sp³-hybridized carbons (Fsp3) is 0.378. The predicted molar refractivity (Wildman–Crippen MR) is 179 cm³/mol. The van der Waals surface area contributed by atoms with Crippen LogP contribution in [-0.2, 0) is 20.7 Å². The number of piperidine rings is 1. The van der Waals surface area contributed by atoms with E-state index in [4.69, 9.17) is 15.2 Å². The third kappa shape index (κ3) is 6.63. The van der Waals surface area contributed by atoms with Gasteiger partial charge in [-0.05, 0) is 123 Å². The van der Waals surface area contributed by atoms with Gasteiger partial charge in [-0.2, -0.15) is 13.5 Å². The summed E-state index contributed by atoms with van der Waals surface area (Å²) < 4.78 is 74.9. The molecule has 4 aromatic rings. The maximum atomic E-state index is 16.6. The number of carbonyl (C=O) groups excluding carboxylic acids is 1. The third-order valence-electron chi connectivity index (χ3n) is 9.82. The Hall–Kier alpha value is -4.06. The van der Waals surface area contributed by atoms with E-state index in [1.807, 2.05) is 12.1 Å². The highest BCUT2D eigenvalue weighted by atomic mass is 32.2. The Kier molecular flexibility index (Phi) is 8.86. The quantitative estimate of drug-likeness (QED) is 0.190. The summed E-state index contributed by atoms with van der Waals surface area (Å²) in [5.41, 5.74) is 5.68. The summed E-state index contributed by atoms with van der Waals surface area (Å²) in [4.78, 5) is 15.4. The minimum Gasteiger partial charge on any atom is -0.490 e. The molecule has 0 radical (unpaired) electrons. The summed E-state index contributed by atoms with van der Waals surface area (Å²) in [6.45, 7) is 0. The van der Waals surface area contributed by atoms with Crippen molar-refractivity contribution in [3.8, 4) is 17.2 Å². The SMILES string of the molecule is NC1CC2CCC(C1)N2C(=O)C(NS(=O)(=O)c1ccc2cc(OC3CCCC3)ccc2c1)C(F)(F)c1ccc(Oc2ccccc2)cc1. The number of ether oxygens (including phenoxy) is 2. The molecular formula is C37H39F2N3O5S. The lowest BCUT2D eigenvalue weighted by molar-refractivity contribution is -0.149. The molecule has 0 aromatic heterocycles. The molecule has 3 N–H and O–H groups in total. The first kappa shape index (κ1) is 32.5. The lowest BCUT2D eigenvalue weighted by Gasteiger charge is -2.41. The third-order valence-corrected chi connectivity index (χ3v) is 11.2. The molecule has 252 valence electrons. The number of sulfonamides is 1. The van der Waals surface area contributed by atoms with Gasteiger partial charge in [0.15, 0.2) is 6.04 Å². The van der Waals surface area contributed by atoms with Crippen LogP contribution >= 0.6 is 0 Å². The molecule has 0 spiro atoms. The second-order valence-electron chi connectivity index (χ2n) is 13.2. The zero-order chi connectivity index (χ0) is 33.5. The van der Waals surface area contributed by atoms with Crippen molar-refractivity contribution in [3.63, 3.8) is 0 Å². The number of fused-ring (bicyclic) bond motifs is 3. The average molecular weight is 676 g/mol. The first-order valence-electron chi connectivity index (χ1n) is 16.6. The van der Waals surface area contributed by atoms with E-state index in [0.29, 0.717) is 48.3 Å². The van der Waals surface area contributed by atoms with Gasteiger partial charge in [0.25, 0.3) is 5.92 Å². The molecule has 8 nitrogen and oxygen atoms in total. The van der Waals surface area contributed by atoms with E-state index in [2.05, 4.69) is 4.72 Å². The summed E-state index contributed by atoms with van der Waals surface area (Å²) in [5, 5.41) is 1.35. The van der Waals surface area contributed by atoms with Gasteiger partial charge in [-0.1, -0.05) is 30.3 Å². The van der Waals surface area contributed by atoms with Crippen LogP contribution in [0.3, 0.4) is 0 Å². The summed E-state index contributed by atoms with van der Waals surface area (Å²) in [6.07, 6.45) is 6.68. The largest absolute Gasteiger partial charge is 0.490 e. The Morgan fingerprint density at radius 2 is 1.42 bits per heavy atom. The van der Waals surface area contributed by atoms with Crippen molar-refractivity contribution >= 4 is 26.7 Å². The van der Waals surface area contributed by atoms with Gasteiger partial charge in [-0.3, -0.25) is 4.79 Å². The number of alkyl halides is 2. The molecule has 2 saturated heterocycles. The van der Waals surface area contributed by atoms with E-state index < -0.39 is 33.5 Å². The Balaban J connectivity index is 1.18. The smallest absolute Gasteiger partial charge is 0.298 e. The molecule has 1 aliphatic carbocycles. The molecule has 2 aliphatic heterocycles. The molecule has 48 heavy (non-hydrogen) atoms. The number of nitrogens with two attached hydrogens (primary N) is 1. The lowest BCUT2D eigenvalue weighted by atomic mass is 9.94.